The Labute approximate surface area is 292 Å². The Bertz CT molecular complexity index is 2610. The molecular weight excluding hydrogens is 605 g/mol. The van der Waals surface area contributed by atoms with Gasteiger partial charge in [0, 0.05) is 33.6 Å². The predicted octanol–water partition coefficient (Wildman–Crippen LogP) is 12.4. The number of nitrogens with zero attached hydrogens (tertiary/aromatic N) is 2. The number of anilines is 2. The zero-order valence-electron chi connectivity index (χ0n) is 27.5. The normalized spacial score (nSPS) is 16.4. The molecule has 0 radical (unpaired) electrons. The first-order valence-corrected chi connectivity index (χ1v) is 17.4. The van der Waals surface area contributed by atoms with E-state index >= 15 is 0 Å². The van der Waals surface area contributed by atoms with Crippen molar-refractivity contribution in [2.75, 3.05) is 4.90 Å². The van der Waals surface area contributed by atoms with E-state index in [9.17, 15) is 0 Å². The number of hydrogen-bond donors (Lipinski definition) is 0. The summed E-state index contributed by atoms with van der Waals surface area (Å²) in [6.07, 6.45) is 7.25. The Morgan fingerprint density at radius 3 is 1.98 bits per heavy atom. The molecule has 1 aliphatic heterocycles. The van der Waals surface area contributed by atoms with Crippen LogP contribution in [0, 0.1) is 0 Å². The van der Waals surface area contributed by atoms with Gasteiger partial charge in [0.1, 0.15) is 0 Å². The maximum Gasteiger partial charge on any atom is 0.0630 e. The molecule has 0 spiro atoms. The van der Waals surface area contributed by atoms with Gasteiger partial charge in [-0.1, -0.05) is 152 Å². The number of allylic oxidation sites excluding steroid dienone is 2. The Hall–Kier alpha value is -6.38. The molecule has 2 unspecified atom stereocenters. The topological polar surface area (TPSA) is 8.17 Å². The van der Waals surface area contributed by atoms with Gasteiger partial charge in [-0.05, 0) is 75.9 Å². The maximum absolute atomic E-state index is 2.53. The zero-order chi connectivity index (χ0) is 33.0. The number of benzene rings is 7. The number of rotatable bonds is 5. The van der Waals surface area contributed by atoms with Crippen LogP contribution in [-0.2, 0) is 0 Å². The molecule has 2 aliphatic rings. The molecular formula is C48H34N2. The van der Waals surface area contributed by atoms with Crippen molar-refractivity contribution in [2.45, 2.75) is 12.0 Å². The molecule has 0 saturated heterocycles. The number of hydrogen-bond acceptors (Lipinski definition) is 1. The van der Waals surface area contributed by atoms with Crippen molar-refractivity contribution in [1.29, 1.82) is 0 Å². The fourth-order valence-electron chi connectivity index (χ4n) is 8.25. The molecule has 2 atom stereocenters. The Morgan fingerprint density at radius 2 is 1.12 bits per heavy atom. The highest BCUT2D eigenvalue weighted by Crippen LogP contribution is 2.50. The Kier molecular flexibility index (Phi) is 6.67. The van der Waals surface area contributed by atoms with Crippen LogP contribution in [0.5, 0.6) is 0 Å². The second kappa shape index (κ2) is 11.6. The minimum Gasteiger partial charge on any atom is -0.333 e. The highest BCUT2D eigenvalue weighted by Gasteiger charge is 2.38. The highest BCUT2D eigenvalue weighted by atomic mass is 15.2. The van der Waals surface area contributed by atoms with Crippen LogP contribution in [0.3, 0.4) is 0 Å². The van der Waals surface area contributed by atoms with Gasteiger partial charge in [0.2, 0.25) is 0 Å². The first-order valence-electron chi connectivity index (χ1n) is 17.4. The van der Waals surface area contributed by atoms with E-state index < -0.39 is 0 Å². The molecule has 50 heavy (non-hydrogen) atoms. The molecule has 0 saturated carbocycles. The summed E-state index contributed by atoms with van der Waals surface area (Å²) in [7, 11) is 0. The highest BCUT2D eigenvalue weighted by molar-refractivity contribution is 6.10. The molecule has 1 aliphatic carbocycles. The summed E-state index contributed by atoms with van der Waals surface area (Å²) < 4.78 is 2.44. The van der Waals surface area contributed by atoms with Gasteiger partial charge < -0.3 is 9.47 Å². The van der Waals surface area contributed by atoms with Crippen molar-refractivity contribution in [3.05, 3.63) is 205 Å². The van der Waals surface area contributed by atoms with Crippen LogP contribution in [0.4, 0.5) is 11.4 Å². The number of para-hydroxylation sites is 3. The summed E-state index contributed by atoms with van der Waals surface area (Å²) in [6, 6.07) is 64.1. The zero-order valence-corrected chi connectivity index (χ0v) is 27.5. The maximum atomic E-state index is 2.53. The molecule has 2 heterocycles. The third-order valence-electron chi connectivity index (χ3n) is 10.5. The van der Waals surface area contributed by atoms with Gasteiger partial charge in [0.15, 0.2) is 0 Å². The lowest BCUT2D eigenvalue weighted by Crippen LogP contribution is -2.29. The largest absolute Gasteiger partial charge is 0.333 e. The third-order valence-corrected chi connectivity index (χ3v) is 10.5. The van der Waals surface area contributed by atoms with Crippen molar-refractivity contribution in [3.8, 4) is 27.9 Å². The minimum absolute atomic E-state index is 0.210. The van der Waals surface area contributed by atoms with E-state index in [0.29, 0.717) is 0 Å². The van der Waals surface area contributed by atoms with E-state index in [2.05, 4.69) is 204 Å². The summed E-state index contributed by atoms with van der Waals surface area (Å²) in [5, 5.41) is 2.53. The van der Waals surface area contributed by atoms with E-state index in [1.54, 1.807) is 0 Å². The van der Waals surface area contributed by atoms with Gasteiger partial charge in [-0.2, -0.15) is 0 Å². The van der Waals surface area contributed by atoms with Crippen LogP contribution in [0.2, 0.25) is 0 Å². The monoisotopic (exact) mass is 638 g/mol. The lowest BCUT2D eigenvalue weighted by atomic mass is 9.86. The molecule has 2 heteroatoms. The van der Waals surface area contributed by atoms with Crippen LogP contribution in [0.1, 0.15) is 17.0 Å². The van der Waals surface area contributed by atoms with E-state index in [1.807, 2.05) is 0 Å². The average Bonchev–Trinajstić information content (AvgIpc) is 3.71. The number of aromatic nitrogens is 1. The SMILES string of the molecule is C1=CC2C(C=C1c1ccc3c(c1)c1ccccc1n3-c1ccccc1-c1ccccc1)c1ccccc1N2c1cccc(-c2ccccc2)c1. The summed E-state index contributed by atoms with van der Waals surface area (Å²) in [4.78, 5) is 2.53. The Morgan fingerprint density at radius 1 is 0.440 bits per heavy atom. The minimum atomic E-state index is 0.210. The summed E-state index contributed by atoms with van der Waals surface area (Å²) in [5.74, 6) is 0.251. The van der Waals surface area contributed by atoms with E-state index in [4.69, 9.17) is 0 Å². The third kappa shape index (κ3) is 4.57. The molecule has 1 aromatic heterocycles. The Balaban J connectivity index is 1.07. The fourth-order valence-corrected chi connectivity index (χ4v) is 8.25. The average molecular weight is 639 g/mol. The van der Waals surface area contributed by atoms with E-state index in [1.165, 1.54) is 77.8 Å². The molecule has 0 N–H and O–H groups in total. The van der Waals surface area contributed by atoms with Gasteiger partial charge in [-0.3, -0.25) is 0 Å². The molecule has 10 rings (SSSR count). The second-order valence-corrected chi connectivity index (χ2v) is 13.3. The van der Waals surface area contributed by atoms with Gasteiger partial charge in [-0.15, -0.1) is 0 Å². The molecule has 0 amide bonds. The molecule has 236 valence electrons. The van der Waals surface area contributed by atoms with Crippen molar-refractivity contribution in [3.63, 3.8) is 0 Å². The van der Waals surface area contributed by atoms with Crippen LogP contribution in [0.15, 0.2) is 194 Å². The smallest absolute Gasteiger partial charge is 0.0630 e. The van der Waals surface area contributed by atoms with Crippen LogP contribution >= 0.6 is 0 Å². The quantitative estimate of drug-likeness (QED) is 0.182. The van der Waals surface area contributed by atoms with Gasteiger partial charge in [-0.25, -0.2) is 0 Å². The summed E-state index contributed by atoms with van der Waals surface area (Å²) in [6.45, 7) is 0. The standard InChI is InChI=1S/C48H34N2/c1-3-14-33(15-4-1)35-18-13-19-38(30-35)49-45-24-11-8-21-40(45)42-31-36(26-28-47(42)49)37-27-29-48-43(32-37)41-22-9-12-25-46(41)50(48)44-23-10-7-20-39(44)34-16-5-2-6-17-34/h1-32,42,47H. The van der Waals surface area contributed by atoms with Crippen molar-refractivity contribution < 1.29 is 0 Å². The summed E-state index contributed by atoms with van der Waals surface area (Å²) in [5.41, 5.74) is 14.9. The van der Waals surface area contributed by atoms with Gasteiger partial charge in [0.05, 0.1) is 22.8 Å². The number of fused-ring (bicyclic) bond motifs is 6. The first kappa shape index (κ1) is 28.6. The predicted molar refractivity (Wildman–Crippen MR) is 210 cm³/mol. The molecule has 0 bridgehead atoms. The lowest BCUT2D eigenvalue weighted by Gasteiger charge is -2.30. The second-order valence-electron chi connectivity index (χ2n) is 13.3. The summed E-state index contributed by atoms with van der Waals surface area (Å²) >= 11 is 0. The fraction of sp³-hybridized carbons (Fsp3) is 0.0417. The molecule has 2 nitrogen and oxygen atoms in total. The van der Waals surface area contributed by atoms with Crippen LogP contribution < -0.4 is 4.90 Å². The molecule has 8 aromatic rings. The molecule has 7 aromatic carbocycles. The van der Waals surface area contributed by atoms with Crippen molar-refractivity contribution in [1.82, 2.24) is 4.57 Å². The lowest BCUT2D eigenvalue weighted by molar-refractivity contribution is 0.747. The van der Waals surface area contributed by atoms with Gasteiger partial charge >= 0.3 is 0 Å². The van der Waals surface area contributed by atoms with E-state index in [0.717, 1.165) is 0 Å². The van der Waals surface area contributed by atoms with Crippen LogP contribution in [0.25, 0.3) is 55.3 Å². The van der Waals surface area contributed by atoms with Gasteiger partial charge in [0.25, 0.3) is 0 Å². The first-order chi connectivity index (χ1) is 24.8. The molecule has 0 fully saturated rings. The van der Waals surface area contributed by atoms with Crippen molar-refractivity contribution in [2.24, 2.45) is 0 Å². The van der Waals surface area contributed by atoms with Crippen LogP contribution in [-0.4, -0.2) is 10.6 Å². The van der Waals surface area contributed by atoms with Crippen molar-refractivity contribution >= 4 is 38.8 Å². The van der Waals surface area contributed by atoms with E-state index in [-0.39, 0.29) is 12.0 Å².